The van der Waals surface area contributed by atoms with Crippen LogP contribution in [0.25, 0.3) is 0 Å². The van der Waals surface area contributed by atoms with Crippen molar-refractivity contribution in [3.8, 4) is 0 Å². The smallest absolute Gasteiger partial charge is 0.302 e. The quantitative estimate of drug-likeness (QED) is 0.198. The van der Waals surface area contributed by atoms with E-state index in [1.807, 2.05) is 6.92 Å². The number of rotatable bonds is 3. The summed E-state index contributed by atoms with van der Waals surface area (Å²) < 4.78 is 37.9. The normalized spacial score (nSPS) is 63.3. The first-order chi connectivity index (χ1) is 22.4. The molecule has 48 heavy (non-hydrogen) atoms. The average molecular weight is 677 g/mol. The van der Waals surface area contributed by atoms with E-state index in [2.05, 4.69) is 34.6 Å². The molecule has 11 nitrogen and oxygen atoms in total. The fourth-order valence-electron chi connectivity index (χ4n) is 14.6. The molecule has 4 aliphatic heterocycles. The number of epoxide rings is 1. The first-order valence-corrected chi connectivity index (χ1v) is 18.6. The highest BCUT2D eigenvalue weighted by Gasteiger charge is 2.87. The van der Waals surface area contributed by atoms with E-state index in [1.165, 1.54) is 0 Å². The van der Waals surface area contributed by atoms with Gasteiger partial charge >= 0.3 is 5.97 Å². The van der Waals surface area contributed by atoms with Crippen LogP contribution in [-0.4, -0.2) is 99.7 Å². The molecular weight excluding hydrogens is 620 g/mol. The summed E-state index contributed by atoms with van der Waals surface area (Å²) in [5, 5.41) is 41.7. The molecule has 5 saturated carbocycles. The Labute approximate surface area is 283 Å². The average Bonchev–Trinajstić information content (AvgIpc) is 3.84. The fraction of sp³-hybridized carbons (Fsp3) is 0.973. The molecule has 9 rings (SSSR count). The highest BCUT2D eigenvalue weighted by molar-refractivity contribution is 5.66. The summed E-state index contributed by atoms with van der Waals surface area (Å²) in [4.78, 5) is 12.9. The molecule has 11 heteroatoms. The van der Waals surface area contributed by atoms with Gasteiger partial charge in [-0.3, -0.25) is 4.79 Å². The van der Waals surface area contributed by atoms with Gasteiger partial charge in [0.05, 0.1) is 18.8 Å². The molecule has 0 aromatic carbocycles. The number of hydrogen-bond acceptors (Lipinski definition) is 11. The minimum absolute atomic E-state index is 0.0420. The summed E-state index contributed by atoms with van der Waals surface area (Å²) >= 11 is 0. The predicted octanol–water partition coefficient (Wildman–Crippen LogP) is 3.03. The third-order valence-corrected chi connectivity index (χ3v) is 16.8. The van der Waals surface area contributed by atoms with E-state index in [9.17, 15) is 25.2 Å². The lowest BCUT2D eigenvalue weighted by Crippen LogP contribution is -2.64. The van der Waals surface area contributed by atoms with E-state index in [4.69, 9.17) is 28.4 Å². The van der Waals surface area contributed by atoms with Gasteiger partial charge in [-0.05, 0) is 97.2 Å². The highest BCUT2D eigenvalue weighted by atomic mass is 16.8. The monoisotopic (exact) mass is 676 g/mol. The second-order valence-corrected chi connectivity index (χ2v) is 18.9. The van der Waals surface area contributed by atoms with E-state index in [0.717, 1.165) is 44.9 Å². The molecule has 0 aromatic rings. The number of aliphatic hydroxyl groups excluding tert-OH is 4. The van der Waals surface area contributed by atoms with Crippen molar-refractivity contribution < 1.29 is 53.6 Å². The van der Waals surface area contributed by atoms with Crippen LogP contribution >= 0.6 is 0 Å². The molecule has 9 aliphatic rings. The Kier molecular flexibility index (Phi) is 6.70. The molecule has 0 aromatic heterocycles. The summed E-state index contributed by atoms with van der Waals surface area (Å²) in [6.07, 6.45) is 0.880. The van der Waals surface area contributed by atoms with Gasteiger partial charge in [0.25, 0.3) is 0 Å². The van der Waals surface area contributed by atoms with Crippen LogP contribution in [0.3, 0.4) is 0 Å². The molecule has 0 unspecified atom stereocenters. The maximum absolute atomic E-state index is 12.9. The van der Waals surface area contributed by atoms with Gasteiger partial charge in [0.15, 0.2) is 12.6 Å². The molecule has 4 heterocycles. The second-order valence-electron chi connectivity index (χ2n) is 18.9. The van der Waals surface area contributed by atoms with Gasteiger partial charge in [-0.25, -0.2) is 0 Å². The van der Waals surface area contributed by atoms with Crippen molar-refractivity contribution in [1.82, 2.24) is 0 Å². The lowest BCUT2D eigenvalue weighted by molar-refractivity contribution is -0.346. The number of ether oxygens (including phenoxy) is 6. The van der Waals surface area contributed by atoms with Crippen molar-refractivity contribution in [3.05, 3.63) is 0 Å². The summed E-state index contributed by atoms with van der Waals surface area (Å²) in [6.45, 7) is 15.1. The molecule has 5 aliphatic carbocycles. The zero-order valence-electron chi connectivity index (χ0n) is 29.5. The van der Waals surface area contributed by atoms with E-state index in [1.54, 1.807) is 6.92 Å². The topological polar surface area (TPSA) is 157 Å². The van der Waals surface area contributed by atoms with Gasteiger partial charge in [-0.2, -0.15) is 0 Å². The molecular formula is C37H56O11. The third kappa shape index (κ3) is 3.74. The molecule has 3 spiro atoms. The van der Waals surface area contributed by atoms with Crippen LogP contribution in [0.1, 0.15) is 99.8 Å². The number of fused-ring (bicyclic) bond motifs is 6. The molecule has 0 amide bonds. The van der Waals surface area contributed by atoms with Crippen LogP contribution in [0.4, 0.5) is 0 Å². The van der Waals surface area contributed by atoms with Crippen molar-refractivity contribution in [2.75, 3.05) is 6.61 Å². The van der Waals surface area contributed by atoms with Crippen LogP contribution in [0.5, 0.6) is 0 Å². The molecule has 0 bridgehead atoms. The number of aliphatic hydroxyl groups is 4. The van der Waals surface area contributed by atoms with Crippen LogP contribution in [0, 0.1) is 50.7 Å². The molecule has 0 radical (unpaired) electrons. The van der Waals surface area contributed by atoms with Gasteiger partial charge in [-0.1, -0.05) is 34.6 Å². The van der Waals surface area contributed by atoms with Crippen LogP contribution in [0.15, 0.2) is 0 Å². The predicted molar refractivity (Wildman–Crippen MR) is 168 cm³/mol. The van der Waals surface area contributed by atoms with E-state index in [0.29, 0.717) is 18.3 Å². The Bertz CT molecular complexity index is 1390. The minimum atomic E-state index is -1.31. The maximum Gasteiger partial charge on any atom is 0.302 e. The Morgan fingerprint density at radius 1 is 0.833 bits per heavy atom. The SMILES string of the molecule is CC(=O)O[C@@H]1C[C@]23C[C@]24CC[C@H](O[C@H]2OC[C@H](O)[C@@H](O)[C@@H]2O)C(C)(C)[C@H]4CC[C@H]3[C@]2(C)C[C@@H]3O[C@]4(C[C@@H](C)[C@@H]3[C@@]12C)O[C@H](O)[C@]1(C)O[C@H]41. The molecule has 19 atom stereocenters. The van der Waals surface area contributed by atoms with Crippen molar-refractivity contribution in [2.24, 2.45) is 50.7 Å². The van der Waals surface area contributed by atoms with E-state index in [-0.39, 0.29) is 75.9 Å². The number of carbonyl (C=O) groups excluding carboxylic acids is 1. The van der Waals surface area contributed by atoms with Gasteiger partial charge in [0, 0.05) is 18.8 Å². The van der Waals surface area contributed by atoms with Gasteiger partial charge in [0.2, 0.25) is 5.79 Å². The summed E-state index contributed by atoms with van der Waals surface area (Å²) in [7, 11) is 0. The summed E-state index contributed by atoms with van der Waals surface area (Å²) in [5.74, 6) is 0.0295. The lowest BCUT2D eigenvalue weighted by Gasteiger charge is -2.65. The maximum atomic E-state index is 12.9. The Hall–Kier alpha value is -0.890. The Balaban J connectivity index is 1.03. The van der Waals surface area contributed by atoms with E-state index >= 15 is 0 Å². The van der Waals surface area contributed by atoms with Gasteiger partial charge in [-0.15, -0.1) is 0 Å². The van der Waals surface area contributed by atoms with Gasteiger partial charge in [0.1, 0.15) is 36.1 Å². The van der Waals surface area contributed by atoms with Crippen molar-refractivity contribution >= 4 is 5.97 Å². The van der Waals surface area contributed by atoms with E-state index < -0.39 is 42.3 Å². The highest BCUT2D eigenvalue weighted by Crippen LogP contribution is 2.89. The number of carbonyl (C=O) groups is 1. The first-order valence-electron chi connectivity index (χ1n) is 18.6. The van der Waals surface area contributed by atoms with Crippen LogP contribution < -0.4 is 0 Å². The zero-order valence-corrected chi connectivity index (χ0v) is 29.5. The van der Waals surface area contributed by atoms with Crippen molar-refractivity contribution in [1.29, 1.82) is 0 Å². The number of hydrogen-bond donors (Lipinski definition) is 4. The van der Waals surface area contributed by atoms with Crippen LogP contribution in [0.2, 0.25) is 0 Å². The second kappa shape index (κ2) is 9.75. The van der Waals surface area contributed by atoms with Crippen LogP contribution in [-0.2, 0) is 33.2 Å². The molecule has 270 valence electrons. The molecule has 4 N–H and O–H groups in total. The van der Waals surface area contributed by atoms with Crippen molar-refractivity contribution in [2.45, 2.75) is 167 Å². The largest absolute Gasteiger partial charge is 0.462 e. The third-order valence-electron chi connectivity index (χ3n) is 16.8. The minimum Gasteiger partial charge on any atom is -0.462 e. The number of esters is 1. The zero-order chi connectivity index (χ0) is 34.2. The fourth-order valence-corrected chi connectivity index (χ4v) is 14.6. The van der Waals surface area contributed by atoms with Crippen molar-refractivity contribution in [3.63, 3.8) is 0 Å². The lowest BCUT2D eigenvalue weighted by atomic mass is 9.41. The Morgan fingerprint density at radius 2 is 1.56 bits per heavy atom. The first kappa shape index (κ1) is 33.0. The standard InChI is InChI=1S/C37H56O11/c1-17-12-37(29-34(7,47-29)30(42)48-37)46-20-13-32(5)22-9-8-21-31(3,4)23(45-28-27(41)26(40)19(39)15-43-28)10-11-35(21)16-36(22,35)14-24(44-18(2)38)33(32,6)25(17)20/h17,19-30,39-42H,8-16H2,1-7H3/t17-,19+,20+,21-,22+,23+,24-,25+,26-,27+,28-,29+,30+,32+,33-,34-,35+,36-,37-/m1/s1. The summed E-state index contributed by atoms with van der Waals surface area (Å²) in [6, 6.07) is 0. The molecule has 9 fully saturated rings. The molecule has 4 saturated heterocycles. The summed E-state index contributed by atoms with van der Waals surface area (Å²) in [5.41, 5.74) is -1.23. The Morgan fingerprint density at radius 3 is 2.23 bits per heavy atom. The van der Waals surface area contributed by atoms with Gasteiger partial charge < -0.3 is 48.8 Å².